The van der Waals surface area contributed by atoms with Gasteiger partial charge < -0.3 is 15.3 Å². The second kappa shape index (κ2) is 8.66. The maximum Gasteiger partial charge on any atom is 0.331 e. The number of fused-ring (bicyclic) bond motifs is 1. The van der Waals surface area contributed by atoms with Crippen LogP contribution >= 0.6 is 11.6 Å². The van der Waals surface area contributed by atoms with Crippen LogP contribution in [0.1, 0.15) is 56.0 Å². The van der Waals surface area contributed by atoms with Crippen molar-refractivity contribution in [1.82, 2.24) is 19.9 Å². The van der Waals surface area contributed by atoms with Crippen LogP contribution in [-0.4, -0.2) is 59.7 Å². The standard InChI is InChI=1S/C21H25ClF2N6O2S/c22-14-10-25-17(26-11-14)13-3-1-7-30(8-4-13)19-27-15-9-21(23,24)33(32)16(15)18(28-19)29-20(12-31)5-2-6-20/h10-11,13,31H,1-9,12H2,(H,27,28,29). The molecule has 2 fully saturated rings. The predicted molar refractivity (Wildman–Crippen MR) is 120 cm³/mol. The van der Waals surface area contributed by atoms with Gasteiger partial charge in [0.05, 0.1) is 29.3 Å². The average molecular weight is 499 g/mol. The van der Waals surface area contributed by atoms with Crippen LogP contribution in [0.3, 0.4) is 0 Å². The molecule has 1 saturated heterocycles. The molecule has 0 spiro atoms. The van der Waals surface area contributed by atoms with E-state index in [1.807, 2.05) is 4.90 Å². The normalized spacial score (nSPS) is 25.8. The highest BCUT2D eigenvalue weighted by atomic mass is 35.5. The van der Waals surface area contributed by atoms with Crippen LogP contribution in [0.2, 0.25) is 5.02 Å². The summed E-state index contributed by atoms with van der Waals surface area (Å²) in [7, 11) is -2.53. The summed E-state index contributed by atoms with van der Waals surface area (Å²) < 4.78 is 41.2. The Balaban J connectivity index is 1.43. The molecule has 2 unspecified atom stereocenters. The van der Waals surface area contributed by atoms with Crippen LogP contribution in [0.5, 0.6) is 0 Å². The second-order valence-electron chi connectivity index (χ2n) is 9.02. The molecule has 0 bridgehead atoms. The van der Waals surface area contributed by atoms with Crippen LogP contribution in [0.25, 0.3) is 0 Å². The number of halogens is 3. The Morgan fingerprint density at radius 2 is 1.94 bits per heavy atom. The fraction of sp³-hybridized carbons (Fsp3) is 0.619. The maximum atomic E-state index is 14.3. The number of aliphatic hydroxyl groups excluding tert-OH is 1. The summed E-state index contributed by atoms with van der Waals surface area (Å²) in [6.45, 7) is 1.13. The van der Waals surface area contributed by atoms with Crippen molar-refractivity contribution in [3.63, 3.8) is 0 Å². The molecule has 1 aliphatic carbocycles. The predicted octanol–water partition coefficient (Wildman–Crippen LogP) is 3.28. The van der Waals surface area contributed by atoms with Gasteiger partial charge in [-0.05, 0) is 38.5 Å². The van der Waals surface area contributed by atoms with E-state index in [0.29, 0.717) is 36.9 Å². The lowest BCUT2D eigenvalue weighted by atomic mass is 9.77. The molecule has 0 aromatic carbocycles. The molecule has 0 radical (unpaired) electrons. The lowest BCUT2D eigenvalue weighted by Gasteiger charge is -2.41. The Hall–Kier alpha value is -1.98. The first-order valence-electron chi connectivity index (χ1n) is 11.1. The summed E-state index contributed by atoms with van der Waals surface area (Å²) in [5.74, 6) is 1.39. The minimum atomic E-state index is -3.38. The molecule has 0 amide bonds. The third-order valence-corrected chi connectivity index (χ3v) is 8.45. The van der Waals surface area contributed by atoms with Crippen LogP contribution < -0.4 is 10.2 Å². The number of hydrogen-bond donors (Lipinski definition) is 2. The number of nitrogens with one attached hydrogen (secondary N) is 1. The lowest BCUT2D eigenvalue weighted by molar-refractivity contribution is 0.104. The summed E-state index contributed by atoms with van der Waals surface area (Å²) in [6.07, 6.45) is 7.30. The monoisotopic (exact) mass is 498 g/mol. The van der Waals surface area contributed by atoms with Gasteiger partial charge in [-0.2, -0.15) is 13.8 Å². The quantitative estimate of drug-likeness (QED) is 0.647. The summed E-state index contributed by atoms with van der Waals surface area (Å²) in [4.78, 5) is 19.6. The van der Waals surface area contributed by atoms with E-state index in [9.17, 15) is 18.1 Å². The number of rotatable bonds is 5. The summed E-state index contributed by atoms with van der Waals surface area (Å²) in [5.41, 5.74) is -0.503. The van der Waals surface area contributed by atoms with Crippen molar-refractivity contribution in [3.8, 4) is 0 Å². The van der Waals surface area contributed by atoms with E-state index in [1.54, 1.807) is 12.4 Å². The van der Waals surface area contributed by atoms with Crippen LogP contribution in [0.4, 0.5) is 20.5 Å². The molecule has 2 atom stereocenters. The lowest BCUT2D eigenvalue weighted by Crippen LogP contribution is -2.48. The van der Waals surface area contributed by atoms with E-state index in [1.165, 1.54) is 0 Å². The summed E-state index contributed by atoms with van der Waals surface area (Å²) in [5, 5.41) is 10.1. The third kappa shape index (κ3) is 4.30. The van der Waals surface area contributed by atoms with E-state index in [0.717, 1.165) is 31.5 Å². The van der Waals surface area contributed by atoms with Gasteiger partial charge in [-0.3, -0.25) is 0 Å². The number of alkyl halides is 2. The first-order valence-corrected chi connectivity index (χ1v) is 12.7. The highest BCUT2D eigenvalue weighted by molar-refractivity contribution is 7.86. The van der Waals surface area contributed by atoms with Crippen molar-refractivity contribution in [2.24, 2.45) is 0 Å². The van der Waals surface area contributed by atoms with Gasteiger partial charge in [-0.1, -0.05) is 11.6 Å². The molecule has 178 valence electrons. The molecule has 12 heteroatoms. The van der Waals surface area contributed by atoms with Crippen LogP contribution in [-0.2, 0) is 17.2 Å². The van der Waals surface area contributed by atoms with Crippen molar-refractivity contribution in [2.45, 2.75) is 66.6 Å². The van der Waals surface area contributed by atoms with E-state index in [4.69, 9.17) is 11.6 Å². The van der Waals surface area contributed by atoms with Crippen molar-refractivity contribution < 1.29 is 18.1 Å². The fourth-order valence-electron chi connectivity index (χ4n) is 4.70. The fourth-order valence-corrected chi connectivity index (χ4v) is 5.97. The van der Waals surface area contributed by atoms with E-state index >= 15 is 0 Å². The minimum Gasteiger partial charge on any atom is -0.394 e. The zero-order valence-corrected chi connectivity index (χ0v) is 19.5. The molecule has 33 heavy (non-hydrogen) atoms. The number of aliphatic hydroxyl groups is 1. The molecule has 2 N–H and O–H groups in total. The molecule has 5 rings (SSSR count). The Morgan fingerprint density at radius 3 is 2.61 bits per heavy atom. The van der Waals surface area contributed by atoms with Crippen molar-refractivity contribution >= 4 is 34.2 Å². The molecule has 4 heterocycles. The summed E-state index contributed by atoms with van der Waals surface area (Å²) >= 11 is 5.90. The maximum absolute atomic E-state index is 14.3. The van der Waals surface area contributed by atoms with Crippen LogP contribution in [0, 0.1) is 0 Å². The molecule has 8 nitrogen and oxygen atoms in total. The molecular weight excluding hydrogens is 474 g/mol. The van der Waals surface area contributed by atoms with Gasteiger partial charge in [-0.15, -0.1) is 0 Å². The highest BCUT2D eigenvalue weighted by Crippen LogP contribution is 2.44. The smallest absolute Gasteiger partial charge is 0.331 e. The van der Waals surface area contributed by atoms with Crippen molar-refractivity contribution in [1.29, 1.82) is 0 Å². The number of aromatic nitrogens is 4. The van der Waals surface area contributed by atoms with Gasteiger partial charge in [-0.25, -0.2) is 19.2 Å². The largest absolute Gasteiger partial charge is 0.394 e. The number of anilines is 2. The SMILES string of the molecule is O=S1c2c(nc(N3CCCC(c4ncc(Cl)cn4)CC3)nc2NC2(CO)CCC2)CC1(F)F. The summed E-state index contributed by atoms with van der Waals surface area (Å²) in [6, 6.07) is 0. The molecule has 2 aromatic rings. The van der Waals surface area contributed by atoms with Gasteiger partial charge in [0.15, 0.2) is 0 Å². The van der Waals surface area contributed by atoms with Gasteiger partial charge in [0, 0.05) is 31.4 Å². The van der Waals surface area contributed by atoms with Gasteiger partial charge in [0.1, 0.15) is 27.3 Å². The Bertz CT molecular complexity index is 1060. The van der Waals surface area contributed by atoms with Gasteiger partial charge >= 0.3 is 5.25 Å². The number of nitrogens with zero attached hydrogens (tertiary/aromatic N) is 5. The first-order chi connectivity index (χ1) is 15.8. The molecule has 3 aliphatic rings. The second-order valence-corrected chi connectivity index (χ2v) is 11.0. The van der Waals surface area contributed by atoms with Gasteiger partial charge in [0.25, 0.3) is 0 Å². The van der Waals surface area contributed by atoms with Crippen molar-refractivity contribution in [3.05, 3.63) is 28.9 Å². The molecule has 2 aromatic heterocycles. The third-order valence-electron chi connectivity index (χ3n) is 6.77. The van der Waals surface area contributed by atoms with E-state index < -0.39 is 28.0 Å². The van der Waals surface area contributed by atoms with Gasteiger partial charge in [0.2, 0.25) is 5.95 Å². The molecule has 1 saturated carbocycles. The Labute approximate surface area is 197 Å². The molecular formula is C21H25ClF2N6O2S. The van der Waals surface area contributed by atoms with Crippen molar-refractivity contribution in [2.75, 3.05) is 29.9 Å². The zero-order chi connectivity index (χ0) is 23.2. The topological polar surface area (TPSA) is 104 Å². The Morgan fingerprint density at radius 1 is 1.18 bits per heavy atom. The number of hydrogen-bond acceptors (Lipinski definition) is 8. The minimum absolute atomic E-state index is 0.0364. The Kier molecular flexibility index (Phi) is 5.98. The average Bonchev–Trinajstić information content (AvgIpc) is 2.91. The van der Waals surface area contributed by atoms with Crippen LogP contribution in [0.15, 0.2) is 17.3 Å². The van der Waals surface area contributed by atoms with E-state index in [-0.39, 0.29) is 28.9 Å². The van der Waals surface area contributed by atoms with E-state index in [2.05, 4.69) is 25.3 Å². The highest BCUT2D eigenvalue weighted by Gasteiger charge is 2.50. The first kappa shape index (κ1) is 22.8. The molecule has 2 aliphatic heterocycles. The zero-order valence-electron chi connectivity index (χ0n) is 17.9.